The summed E-state index contributed by atoms with van der Waals surface area (Å²) in [4.78, 5) is 0. The molecular formula is C104H66N4. The van der Waals surface area contributed by atoms with Gasteiger partial charge in [0.15, 0.2) is 0 Å². The third kappa shape index (κ3) is 9.57. The zero-order valence-electron chi connectivity index (χ0n) is 58.9. The van der Waals surface area contributed by atoms with E-state index in [4.69, 9.17) is 0 Å². The molecule has 0 unspecified atom stereocenters. The molecule has 4 heteroatoms. The lowest BCUT2D eigenvalue weighted by atomic mass is 9.94. The molecule has 0 atom stereocenters. The molecule has 4 nitrogen and oxygen atoms in total. The second-order valence-corrected chi connectivity index (χ2v) is 28.6. The SMILES string of the molecule is c1ccc(-c2ccc(-n3c4ccccc4c4cc(-c5cccc6c5c5ccccc5n6-c5cc6ccccc6c6ccccc56)ccc43)cc2)cc1.c1ccc(-c2ccc(-n3c4ccccc4c4cc(-c5cccc6c5c5ccccc5n6-c5ccc6c7ccccc7c7ccccc7c6c5)ccc43)cc2)cc1. The van der Waals surface area contributed by atoms with Crippen LogP contribution >= 0.6 is 0 Å². The molecule has 0 aliphatic carbocycles. The van der Waals surface area contributed by atoms with Gasteiger partial charge in [-0.3, -0.25) is 0 Å². The van der Waals surface area contributed by atoms with Crippen molar-refractivity contribution in [1.82, 2.24) is 18.3 Å². The molecule has 0 amide bonds. The highest BCUT2D eigenvalue weighted by molar-refractivity contribution is 6.27. The predicted octanol–water partition coefficient (Wildman–Crippen LogP) is 28.2. The molecule has 23 rings (SSSR count). The molecule has 0 bridgehead atoms. The molecule has 0 radical (unpaired) electrons. The number of nitrogens with zero attached hydrogens (tertiary/aromatic N) is 4. The van der Waals surface area contributed by atoms with Crippen molar-refractivity contribution in [2.75, 3.05) is 0 Å². The van der Waals surface area contributed by atoms with Crippen LogP contribution in [0.25, 0.3) is 208 Å². The first-order valence-electron chi connectivity index (χ1n) is 37.3. The number of hydrogen-bond acceptors (Lipinski definition) is 0. The molecule has 0 aliphatic rings. The van der Waals surface area contributed by atoms with E-state index in [1.54, 1.807) is 0 Å². The van der Waals surface area contributed by atoms with Gasteiger partial charge in [-0.15, -0.1) is 0 Å². The van der Waals surface area contributed by atoms with Crippen LogP contribution in [0.3, 0.4) is 0 Å². The van der Waals surface area contributed by atoms with Gasteiger partial charge in [0.25, 0.3) is 0 Å². The molecule has 502 valence electrons. The van der Waals surface area contributed by atoms with Crippen molar-refractivity contribution in [3.63, 3.8) is 0 Å². The van der Waals surface area contributed by atoms with Crippen LogP contribution in [-0.2, 0) is 0 Å². The maximum absolute atomic E-state index is 2.48. The van der Waals surface area contributed by atoms with Gasteiger partial charge in [0.2, 0.25) is 0 Å². The molecule has 0 saturated heterocycles. The molecular weight excluding hydrogens is 1310 g/mol. The van der Waals surface area contributed by atoms with Crippen LogP contribution in [-0.4, -0.2) is 18.3 Å². The van der Waals surface area contributed by atoms with E-state index < -0.39 is 0 Å². The van der Waals surface area contributed by atoms with Gasteiger partial charge in [-0.1, -0.05) is 297 Å². The molecule has 0 saturated carbocycles. The van der Waals surface area contributed by atoms with Gasteiger partial charge >= 0.3 is 0 Å². The van der Waals surface area contributed by atoms with Crippen molar-refractivity contribution < 1.29 is 0 Å². The molecule has 0 fully saturated rings. The van der Waals surface area contributed by atoms with Crippen molar-refractivity contribution >= 4 is 141 Å². The average Bonchev–Trinajstić information content (AvgIpc) is 1.63. The van der Waals surface area contributed by atoms with E-state index in [9.17, 15) is 0 Å². The fourth-order valence-electron chi connectivity index (χ4n) is 18.0. The van der Waals surface area contributed by atoms with Crippen molar-refractivity contribution in [1.29, 1.82) is 0 Å². The van der Waals surface area contributed by atoms with Crippen LogP contribution in [0.2, 0.25) is 0 Å². The van der Waals surface area contributed by atoms with E-state index in [1.165, 1.54) is 191 Å². The summed E-state index contributed by atoms with van der Waals surface area (Å²) in [5.74, 6) is 0. The molecule has 23 aromatic rings. The summed E-state index contributed by atoms with van der Waals surface area (Å²) >= 11 is 0. The largest absolute Gasteiger partial charge is 0.309 e. The molecule has 19 aromatic carbocycles. The van der Waals surface area contributed by atoms with Crippen LogP contribution in [0.15, 0.2) is 400 Å². The highest BCUT2D eigenvalue weighted by Crippen LogP contribution is 2.47. The van der Waals surface area contributed by atoms with E-state index >= 15 is 0 Å². The maximum Gasteiger partial charge on any atom is 0.0547 e. The Morgan fingerprint density at radius 1 is 0.139 bits per heavy atom. The Bertz CT molecular complexity index is 7540. The zero-order valence-corrected chi connectivity index (χ0v) is 58.9. The lowest BCUT2D eigenvalue weighted by Crippen LogP contribution is -1.96. The number of fused-ring (bicyclic) bond motifs is 21. The Kier molecular flexibility index (Phi) is 14.0. The summed E-state index contributed by atoms with van der Waals surface area (Å²) in [5.41, 5.74) is 24.1. The first-order chi connectivity index (χ1) is 53.6. The summed E-state index contributed by atoms with van der Waals surface area (Å²) in [7, 11) is 0. The smallest absolute Gasteiger partial charge is 0.0547 e. The Labute approximate surface area is 622 Å². The predicted molar refractivity (Wildman–Crippen MR) is 460 cm³/mol. The van der Waals surface area contributed by atoms with Crippen molar-refractivity contribution in [2.24, 2.45) is 0 Å². The highest BCUT2D eigenvalue weighted by atomic mass is 15.0. The van der Waals surface area contributed by atoms with Crippen molar-refractivity contribution in [2.45, 2.75) is 0 Å². The van der Waals surface area contributed by atoms with Crippen LogP contribution < -0.4 is 0 Å². The van der Waals surface area contributed by atoms with E-state index in [0.29, 0.717) is 0 Å². The third-order valence-corrected chi connectivity index (χ3v) is 22.8. The van der Waals surface area contributed by atoms with Crippen LogP contribution in [0.5, 0.6) is 0 Å². The molecule has 4 aromatic heterocycles. The minimum absolute atomic E-state index is 1.16. The fourth-order valence-corrected chi connectivity index (χ4v) is 18.0. The van der Waals surface area contributed by atoms with Gasteiger partial charge in [0.05, 0.1) is 49.8 Å². The summed E-state index contributed by atoms with van der Waals surface area (Å²) in [6.45, 7) is 0. The summed E-state index contributed by atoms with van der Waals surface area (Å²) < 4.78 is 9.75. The van der Waals surface area contributed by atoms with Gasteiger partial charge < -0.3 is 18.3 Å². The molecule has 0 N–H and O–H groups in total. The van der Waals surface area contributed by atoms with Crippen LogP contribution in [0.4, 0.5) is 0 Å². The first-order valence-corrected chi connectivity index (χ1v) is 37.3. The number of rotatable bonds is 8. The Balaban J connectivity index is 0.000000134. The van der Waals surface area contributed by atoms with Gasteiger partial charge in [0, 0.05) is 65.5 Å². The van der Waals surface area contributed by atoms with Gasteiger partial charge in [-0.05, 0) is 196 Å². The maximum atomic E-state index is 2.48. The monoisotopic (exact) mass is 1370 g/mol. The number of hydrogen-bond donors (Lipinski definition) is 0. The quantitative estimate of drug-likeness (QED) is 0.135. The van der Waals surface area contributed by atoms with Crippen molar-refractivity contribution in [3.05, 3.63) is 400 Å². The van der Waals surface area contributed by atoms with E-state index in [1.807, 2.05) is 0 Å². The number of aromatic nitrogens is 4. The molecule has 108 heavy (non-hydrogen) atoms. The summed E-state index contributed by atoms with van der Waals surface area (Å²) in [6.07, 6.45) is 0. The van der Waals surface area contributed by atoms with E-state index in [0.717, 1.165) is 17.1 Å². The molecule has 4 heterocycles. The molecule has 0 aliphatic heterocycles. The first kappa shape index (κ1) is 61.2. The highest BCUT2D eigenvalue weighted by Gasteiger charge is 2.23. The average molecular weight is 1370 g/mol. The molecule has 0 spiro atoms. The van der Waals surface area contributed by atoms with Crippen LogP contribution in [0.1, 0.15) is 0 Å². The van der Waals surface area contributed by atoms with E-state index in [2.05, 4.69) is 419 Å². The summed E-state index contributed by atoms with van der Waals surface area (Å²) in [5, 5.41) is 22.8. The Hall–Kier alpha value is -14.3. The second kappa shape index (κ2) is 24.7. The van der Waals surface area contributed by atoms with Crippen molar-refractivity contribution in [3.8, 4) is 67.3 Å². The topological polar surface area (TPSA) is 19.7 Å². The number of para-hydroxylation sites is 4. The number of benzene rings is 19. The second-order valence-electron chi connectivity index (χ2n) is 28.6. The van der Waals surface area contributed by atoms with Crippen LogP contribution in [0, 0.1) is 0 Å². The Morgan fingerprint density at radius 2 is 0.454 bits per heavy atom. The van der Waals surface area contributed by atoms with Gasteiger partial charge in [0.1, 0.15) is 0 Å². The minimum atomic E-state index is 1.16. The fraction of sp³-hybridized carbons (Fsp3) is 0. The minimum Gasteiger partial charge on any atom is -0.309 e. The summed E-state index contributed by atoms with van der Waals surface area (Å²) in [6, 6.07) is 147. The lowest BCUT2D eigenvalue weighted by Gasteiger charge is -2.14. The van der Waals surface area contributed by atoms with E-state index in [-0.39, 0.29) is 0 Å². The third-order valence-electron chi connectivity index (χ3n) is 22.8. The normalized spacial score (nSPS) is 11.9. The van der Waals surface area contributed by atoms with Gasteiger partial charge in [-0.25, -0.2) is 0 Å². The Morgan fingerprint density at radius 3 is 0.944 bits per heavy atom. The zero-order chi connectivity index (χ0) is 70.9. The van der Waals surface area contributed by atoms with Gasteiger partial charge in [-0.2, -0.15) is 0 Å². The lowest BCUT2D eigenvalue weighted by molar-refractivity contribution is 1.18. The standard InChI is InChI=1S/C54H34N2.C50H32N2/c1-2-13-35(14-3-1)36-25-28-38(29-26-36)55-50-22-10-8-19-46(50)49-33-37(27-32-52(49)55)40-21-12-24-53-54(40)47-20-9-11-23-51(47)56(53)39-30-31-45-43-17-5-4-15-41(43)42-16-6-7-18-44(42)48(45)34-39;1-2-13-33(14-3-1)34-25-28-37(29-26-34)51-45-22-10-8-19-42(45)44-31-36(27-30-47(44)51)39-21-12-24-48-50(39)43-20-9-11-23-46(43)52(48)49-32-35-15-4-5-16-38(35)40-17-6-7-18-41(40)49/h1-34H;1-32H.